The minimum absolute atomic E-state index is 0.0123. The van der Waals surface area contributed by atoms with E-state index in [0.717, 1.165) is 42.4 Å². The van der Waals surface area contributed by atoms with E-state index in [1.165, 1.54) is 23.3 Å². The lowest BCUT2D eigenvalue weighted by Gasteiger charge is -2.24. The number of thiophene rings is 1. The molecule has 0 aliphatic heterocycles. The van der Waals surface area contributed by atoms with Gasteiger partial charge in [0, 0.05) is 18.0 Å². The Balaban J connectivity index is 1.72. The molecule has 0 fully saturated rings. The highest BCUT2D eigenvalue weighted by Gasteiger charge is 2.20. The average Bonchev–Trinajstić information content (AvgIpc) is 2.83. The number of aliphatic hydroxyl groups is 1. The maximum Gasteiger partial charge on any atom is 0.259 e. The fourth-order valence-corrected chi connectivity index (χ4v) is 5.29. The number of aromatic nitrogens is 2. The van der Waals surface area contributed by atoms with Gasteiger partial charge in [-0.15, -0.1) is 11.3 Å². The van der Waals surface area contributed by atoms with Crippen LogP contribution in [0.5, 0.6) is 0 Å². The van der Waals surface area contributed by atoms with Crippen molar-refractivity contribution >= 4 is 21.6 Å². The smallest absolute Gasteiger partial charge is 0.259 e. The number of hydrogen-bond donors (Lipinski definition) is 2. The van der Waals surface area contributed by atoms with Crippen LogP contribution in [0.2, 0.25) is 0 Å². The van der Waals surface area contributed by atoms with Gasteiger partial charge in [0.15, 0.2) is 0 Å². The molecule has 162 valence electrons. The number of nitrogens with zero attached hydrogens (tertiary/aromatic N) is 2. The van der Waals surface area contributed by atoms with Gasteiger partial charge in [0.25, 0.3) is 5.56 Å². The van der Waals surface area contributed by atoms with Gasteiger partial charge in [0.2, 0.25) is 0 Å². The molecule has 2 aromatic heterocycles. The van der Waals surface area contributed by atoms with Crippen LogP contribution in [0.4, 0.5) is 0 Å². The Kier molecular flexibility index (Phi) is 8.24. The van der Waals surface area contributed by atoms with Gasteiger partial charge in [-0.05, 0) is 50.1 Å². The molecular weight excluding hydrogens is 386 g/mol. The number of aryl methyl sites for hydroxylation is 2. The van der Waals surface area contributed by atoms with Crippen molar-refractivity contribution in [1.29, 1.82) is 0 Å². The molecule has 0 bridgehead atoms. The number of fused-ring (bicyclic) bond motifs is 3. The zero-order valence-corrected chi connectivity index (χ0v) is 18.8. The van der Waals surface area contributed by atoms with Gasteiger partial charge < -0.3 is 14.8 Å². The lowest BCUT2D eigenvalue weighted by atomic mass is 10.1. The minimum Gasteiger partial charge on any atom is -0.389 e. The Morgan fingerprint density at radius 3 is 2.79 bits per heavy atom. The summed E-state index contributed by atoms with van der Waals surface area (Å²) >= 11 is 1.69. The zero-order valence-electron chi connectivity index (χ0n) is 18.0. The van der Waals surface area contributed by atoms with Crippen LogP contribution in [0.15, 0.2) is 4.79 Å². The summed E-state index contributed by atoms with van der Waals surface area (Å²) in [4.78, 5) is 25.0. The third-order valence-electron chi connectivity index (χ3n) is 5.27. The van der Waals surface area contributed by atoms with E-state index < -0.39 is 6.10 Å². The van der Waals surface area contributed by atoms with E-state index >= 15 is 0 Å². The molecule has 2 N–H and O–H groups in total. The van der Waals surface area contributed by atoms with Crippen molar-refractivity contribution in [3.05, 3.63) is 26.6 Å². The molecule has 0 amide bonds. The summed E-state index contributed by atoms with van der Waals surface area (Å²) in [5.41, 5.74) is 1.22. The molecule has 6 nitrogen and oxygen atoms in total. The second-order valence-electron chi connectivity index (χ2n) is 8.58. The molecule has 1 aliphatic carbocycles. The van der Waals surface area contributed by atoms with E-state index in [9.17, 15) is 9.90 Å². The fraction of sp³-hybridized carbons (Fsp3) is 0.727. The maximum atomic E-state index is 12.8. The molecule has 7 heteroatoms. The Labute approximate surface area is 177 Å². The van der Waals surface area contributed by atoms with Gasteiger partial charge in [0.05, 0.1) is 24.6 Å². The molecule has 2 aromatic rings. The van der Waals surface area contributed by atoms with Crippen LogP contribution >= 0.6 is 11.3 Å². The first-order chi connectivity index (χ1) is 14.0. The average molecular weight is 422 g/mol. The van der Waals surface area contributed by atoms with Gasteiger partial charge in [-0.1, -0.05) is 27.2 Å². The molecule has 1 unspecified atom stereocenters. The van der Waals surface area contributed by atoms with E-state index in [-0.39, 0.29) is 5.56 Å². The van der Waals surface area contributed by atoms with Crippen molar-refractivity contribution in [3.63, 3.8) is 0 Å². The predicted octanol–water partition coefficient (Wildman–Crippen LogP) is 3.50. The third-order valence-corrected chi connectivity index (χ3v) is 6.45. The van der Waals surface area contributed by atoms with Crippen molar-refractivity contribution < 1.29 is 9.84 Å². The van der Waals surface area contributed by atoms with Gasteiger partial charge >= 0.3 is 0 Å². The van der Waals surface area contributed by atoms with Crippen molar-refractivity contribution in [1.82, 2.24) is 14.9 Å². The minimum atomic E-state index is -0.548. The predicted molar refractivity (Wildman–Crippen MR) is 119 cm³/mol. The van der Waals surface area contributed by atoms with Crippen molar-refractivity contribution in [2.45, 2.75) is 71.9 Å². The van der Waals surface area contributed by atoms with E-state index in [1.54, 1.807) is 11.3 Å². The molecule has 0 aromatic carbocycles. The van der Waals surface area contributed by atoms with Gasteiger partial charge in [0.1, 0.15) is 10.7 Å². The highest BCUT2D eigenvalue weighted by molar-refractivity contribution is 7.18. The first-order valence-electron chi connectivity index (χ1n) is 11.0. The first kappa shape index (κ1) is 22.4. The van der Waals surface area contributed by atoms with E-state index in [1.807, 2.05) is 0 Å². The Morgan fingerprint density at radius 2 is 2.03 bits per heavy atom. The van der Waals surface area contributed by atoms with Crippen LogP contribution in [0.3, 0.4) is 0 Å². The van der Waals surface area contributed by atoms with E-state index in [2.05, 4.69) is 30.7 Å². The largest absolute Gasteiger partial charge is 0.389 e. The Morgan fingerprint density at radius 1 is 1.24 bits per heavy atom. The summed E-state index contributed by atoms with van der Waals surface area (Å²) in [6, 6.07) is 0. The van der Waals surface area contributed by atoms with Gasteiger partial charge in [-0.2, -0.15) is 0 Å². The molecule has 1 aliphatic rings. The molecule has 3 rings (SSSR count). The van der Waals surface area contributed by atoms with Crippen LogP contribution in [0, 0.1) is 5.92 Å². The van der Waals surface area contributed by atoms with Gasteiger partial charge in [-0.25, -0.2) is 4.98 Å². The molecular formula is C22H35N3O3S. The number of rotatable bonds is 10. The molecule has 0 spiro atoms. The zero-order chi connectivity index (χ0) is 20.8. The second-order valence-corrected chi connectivity index (χ2v) is 9.66. The summed E-state index contributed by atoms with van der Waals surface area (Å²) in [6.45, 7) is 9.17. The lowest BCUT2D eigenvalue weighted by Crippen LogP contribution is -2.36. The summed E-state index contributed by atoms with van der Waals surface area (Å²) in [5, 5.41) is 11.1. The molecule has 29 heavy (non-hydrogen) atoms. The number of aromatic amines is 1. The lowest BCUT2D eigenvalue weighted by molar-refractivity contribution is 0.00657. The first-order valence-corrected chi connectivity index (χ1v) is 11.8. The standard InChI is InChI=1S/C22H35N3O3S/c1-4-10-25(11-16(26)14-28-13-15(2)3)12-19-23-21(27)20-17-8-6-5-7-9-18(17)29-22(20)24-19/h15-16,26H,4-14H2,1-3H3,(H,23,24,27). The number of hydrogen-bond acceptors (Lipinski definition) is 6. The van der Waals surface area contributed by atoms with Crippen LogP contribution < -0.4 is 5.56 Å². The van der Waals surface area contributed by atoms with Crippen molar-refractivity contribution in [3.8, 4) is 0 Å². The van der Waals surface area contributed by atoms with Crippen LogP contribution in [-0.4, -0.2) is 52.4 Å². The fourth-order valence-electron chi connectivity index (χ4n) is 4.01. The Hall–Kier alpha value is -1.28. The summed E-state index contributed by atoms with van der Waals surface area (Å²) in [5.74, 6) is 1.14. The number of nitrogens with one attached hydrogen (secondary N) is 1. The topological polar surface area (TPSA) is 78.5 Å². The maximum absolute atomic E-state index is 12.8. The molecule has 1 atom stereocenters. The summed E-state index contributed by atoms with van der Waals surface area (Å²) in [7, 11) is 0. The normalized spacial score (nSPS) is 15.8. The molecule has 2 heterocycles. The van der Waals surface area contributed by atoms with Crippen LogP contribution in [-0.2, 0) is 24.1 Å². The quantitative estimate of drug-likeness (QED) is 0.574. The highest BCUT2D eigenvalue weighted by atomic mass is 32.1. The summed E-state index contributed by atoms with van der Waals surface area (Å²) < 4.78 is 5.57. The van der Waals surface area contributed by atoms with Crippen LogP contribution in [0.25, 0.3) is 10.2 Å². The molecule has 0 saturated carbocycles. The SMILES string of the molecule is CCCN(Cc1nc2sc3c(c2c(=O)[nH]1)CCCCC3)CC(O)COCC(C)C. The van der Waals surface area contributed by atoms with Crippen molar-refractivity contribution in [2.24, 2.45) is 5.92 Å². The Bertz CT molecular complexity index is 846. The van der Waals surface area contributed by atoms with Gasteiger partial charge in [-0.3, -0.25) is 9.69 Å². The third kappa shape index (κ3) is 6.10. The monoisotopic (exact) mass is 421 g/mol. The van der Waals surface area contributed by atoms with E-state index in [0.29, 0.717) is 38.0 Å². The molecule has 0 saturated heterocycles. The molecule has 0 radical (unpaired) electrons. The van der Waals surface area contributed by atoms with Crippen LogP contribution in [0.1, 0.15) is 62.7 Å². The van der Waals surface area contributed by atoms with E-state index in [4.69, 9.17) is 9.72 Å². The number of aliphatic hydroxyl groups excluding tert-OH is 1. The number of ether oxygens (including phenoxy) is 1. The summed E-state index contributed by atoms with van der Waals surface area (Å²) in [6.07, 6.45) is 6.07. The highest BCUT2D eigenvalue weighted by Crippen LogP contribution is 2.32. The second kappa shape index (κ2) is 10.7. The number of H-pyrrole nitrogens is 1. The van der Waals surface area contributed by atoms with Crippen molar-refractivity contribution in [2.75, 3.05) is 26.3 Å².